The molecule has 0 spiro atoms. The van der Waals surface area contributed by atoms with Gasteiger partial charge in [-0.05, 0) is 31.0 Å². The van der Waals surface area contributed by atoms with Crippen LogP contribution in [0.4, 0.5) is 10.1 Å². The van der Waals surface area contributed by atoms with Gasteiger partial charge in [0.25, 0.3) is 0 Å². The second kappa shape index (κ2) is 7.31. The highest BCUT2D eigenvalue weighted by atomic mass is 35.5. The molecule has 2 heterocycles. The van der Waals surface area contributed by atoms with E-state index in [9.17, 15) is 9.18 Å². The van der Waals surface area contributed by atoms with Gasteiger partial charge in [-0.2, -0.15) is 0 Å². The van der Waals surface area contributed by atoms with Gasteiger partial charge < -0.3 is 9.88 Å². The van der Waals surface area contributed by atoms with Crippen LogP contribution in [0.2, 0.25) is 5.02 Å². The Bertz CT molecular complexity index is 721. The summed E-state index contributed by atoms with van der Waals surface area (Å²) in [7, 11) is 0. The fourth-order valence-corrected chi connectivity index (χ4v) is 3.47. The first kappa shape index (κ1) is 16.3. The summed E-state index contributed by atoms with van der Waals surface area (Å²) in [6, 6.07) is 3.87. The van der Waals surface area contributed by atoms with E-state index in [2.05, 4.69) is 20.1 Å². The number of halogens is 2. The van der Waals surface area contributed by atoms with Gasteiger partial charge in [0.2, 0.25) is 5.91 Å². The quantitative estimate of drug-likeness (QED) is 0.853. The van der Waals surface area contributed by atoms with Gasteiger partial charge in [0, 0.05) is 13.0 Å². The first-order valence-corrected chi connectivity index (χ1v) is 8.79. The predicted octanol–water partition coefficient (Wildman–Crippen LogP) is 3.53. The molecule has 0 unspecified atom stereocenters. The lowest BCUT2D eigenvalue weighted by Crippen LogP contribution is -2.15. The number of carbonyl (C=O) groups is 1. The second-order valence-corrected chi connectivity index (χ2v) is 6.67. The average Bonchev–Trinajstić information content (AvgIpc) is 2.75. The number of thioether (sulfide) groups is 1. The van der Waals surface area contributed by atoms with Crippen molar-refractivity contribution >= 4 is 35.0 Å². The van der Waals surface area contributed by atoms with Gasteiger partial charge in [-0.1, -0.05) is 29.8 Å². The van der Waals surface area contributed by atoms with Crippen molar-refractivity contribution in [3.63, 3.8) is 0 Å². The van der Waals surface area contributed by atoms with Gasteiger partial charge in [-0.15, -0.1) is 10.2 Å². The standard InChI is InChI=1S/C15H16ClFN4OS/c16-11-8-10(17)5-6-12(11)18-14(22)9-23-15-20-19-13-4-2-1-3-7-21(13)15/h5-6,8H,1-4,7,9H2,(H,18,22). The molecule has 3 rings (SSSR count). The topological polar surface area (TPSA) is 59.8 Å². The van der Waals surface area contributed by atoms with Gasteiger partial charge in [0.05, 0.1) is 16.5 Å². The molecule has 0 aliphatic carbocycles. The normalized spacial score (nSPS) is 14.2. The Balaban J connectivity index is 1.60. The van der Waals surface area contributed by atoms with Crippen LogP contribution in [0, 0.1) is 5.82 Å². The summed E-state index contributed by atoms with van der Waals surface area (Å²) in [4.78, 5) is 12.0. The van der Waals surface area contributed by atoms with Crippen LogP contribution in [0.3, 0.4) is 0 Å². The highest BCUT2D eigenvalue weighted by Gasteiger charge is 2.16. The maximum Gasteiger partial charge on any atom is 0.234 e. The summed E-state index contributed by atoms with van der Waals surface area (Å²) >= 11 is 7.25. The molecular formula is C15H16ClFN4OS. The third-order valence-electron chi connectivity index (χ3n) is 3.61. The monoisotopic (exact) mass is 354 g/mol. The molecular weight excluding hydrogens is 339 g/mol. The van der Waals surface area contributed by atoms with Crippen molar-refractivity contribution in [2.24, 2.45) is 0 Å². The number of anilines is 1. The second-order valence-electron chi connectivity index (χ2n) is 5.32. The highest BCUT2D eigenvalue weighted by molar-refractivity contribution is 7.99. The van der Waals surface area contributed by atoms with Crippen molar-refractivity contribution in [3.05, 3.63) is 34.9 Å². The maximum absolute atomic E-state index is 13.0. The number of amides is 1. The highest BCUT2D eigenvalue weighted by Crippen LogP contribution is 2.24. The summed E-state index contributed by atoms with van der Waals surface area (Å²) in [6.45, 7) is 0.899. The van der Waals surface area contributed by atoms with Crippen molar-refractivity contribution < 1.29 is 9.18 Å². The SMILES string of the molecule is O=C(CSc1nnc2n1CCCCC2)Nc1ccc(F)cc1Cl. The number of benzene rings is 1. The first-order chi connectivity index (χ1) is 11.1. The van der Waals surface area contributed by atoms with E-state index in [0.29, 0.717) is 5.69 Å². The minimum Gasteiger partial charge on any atom is -0.324 e. The van der Waals surface area contributed by atoms with Crippen molar-refractivity contribution in [1.29, 1.82) is 0 Å². The van der Waals surface area contributed by atoms with E-state index in [0.717, 1.165) is 36.8 Å². The lowest BCUT2D eigenvalue weighted by Gasteiger charge is -2.08. The minimum atomic E-state index is -0.437. The molecule has 0 saturated carbocycles. The fourth-order valence-electron chi connectivity index (χ4n) is 2.47. The lowest BCUT2D eigenvalue weighted by atomic mass is 10.2. The molecule has 1 N–H and O–H groups in total. The van der Waals surface area contributed by atoms with Crippen LogP contribution in [-0.4, -0.2) is 26.4 Å². The molecule has 0 bridgehead atoms. The van der Waals surface area contributed by atoms with Gasteiger partial charge in [-0.25, -0.2) is 4.39 Å². The molecule has 5 nitrogen and oxygen atoms in total. The largest absolute Gasteiger partial charge is 0.324 e. The molecule has 122 valence electrons. The molecule has 8 heteroatoms. The van der Waals surface area contributed by atoms with Gasteiger partial charge >= 0.3 is 0 Å². The van der Waals surface area contributed by atoms with Crippen LogP contribution < -0.4 is 5.32 Å². The molecule has 0 saturated heterocycles. The maximum atomic E-state index is 13.0. The number of nitrogens with one attached hydrogen (secondary N) is 1. The number of carbonyl (C=O) groups excluding carboxylic acids is 1. The number of rotatable bonds is 4. The van der Waals surface area contributed by atoms with E-state index in [1.54, 1.807) is 0 Å². The van der Waals surface area contributed by atoms with Crippen LogP contribution in [0.1, 0.15) is 25.1 Å². The number of aromatic nitrogens is 3. The number of aryl methyl sites for hydroxylation is 1. The number of hydrogen-bond acceptors (Lipinski definition) is 4. The van der Waals surface area contributed by atoms with E-state index in [1.807, 2.05) is 0 Å². The summed E-state index contributed by atoms with van der Waals surface area (Å²) in [6.07, 6.45) is 4.37. The number of fused-ring (bicyclic) bond motifs is 1. The van der Waals surface area contributed by atoms with Crippen LogP contribution in [0.5, 0.6) is 0 Å². The third-order valence-corrected chi connectivity index (χ3v) is 4.89. The van der Waals surface area contributed by atoms with E-state index < -0.39 is 5.82 Å². The van der Waals surface area contributed by atoms with Crippen molar-refractivity contribution in [2.75, 3.05) is 11.1 Å². The van der Waals surface area contributed by atoms with Crippen molar-refractivity contribution in [3.8, 4) is 0 Å². The van der Waals surface area contributed by atoms with Gasteiger partial charge in [-0.3, -0.25) is 4.79 Å². The Morgan fingerprint density at radius 3 is 3.04 bits per heavy atom. The van der Waals surface area contributed by atoms with E-state index in [1.165, 1.54) is 36.4 Å². The Labute approximate surface area is 142 Å². The Hall–Kier alpha value is -1.60. The zero-order valence-electron chi connectivity index (χ0n) is 12.4. The molecule has 0 fully saturated rings. The molecule has 0 radical (unpaired) electrons. The zero-order chi connectivity index (χ0) is 16.2. The molecule has 1 amide bonds. The molecule has 1 aliphatic heterocycles. The first-order valence-electron chi connectivity index (χ1n) is 7.43. The molecule has 2 aromatic rings. The summed E-state index contributed by atoms with van der Waals surface area (Å²) in [5.41, 5.74) is 0.402. The predicted molar refractivity (Wildman–Crippen MR) is 88.3 cm³/mol. The van der Waals surface area contributed by atoms with Crippen molar-refractivity contribution in [2.45, 2.75) is 37.4 Å². The lowest BCUT2D eigenvalue weighted by molar-refractivity contribution is -0.113. The summed E-state index contributed by atoms with van der Waals surface area (Å²) in [5, 5.41) is 12.0. The Morgan fingerprint density at radius 2 is 2.22 bits per heavy atom. The molecule has 1 aliphatic rings. The smallest absolute Gasteiger partial charge is 0.234 e. The molecule has 0 atom stereocenters. The van der Waals surface area contributed by atoms with E-state index in [-0.39, 0.29) is 16.7 Å². The molecule has 1 aromatic heterocycles. The minimum absolute atomic E-state index is 0.180. The zero-order valence-corrected chi connectivity index (χ0v) is 14.0. The van der Waals surface area contributed by atoms with Gasteiger partial charge in [0.15, 0.2) is 5.16 Å². The summed E-state index contributed by atoms with van der Waals surface area (Å²) < 4.78 is 15.1. The Kier molecular flexibility index (Phi) is 5.17. The average molecular weight is 355 g/mol. The molecule has 1 aromatic carbocycles. The van der Waals surface area contributed by atoms with Crippen LogP contribution >= 0.6 is 23.4 Å². The van der Waals surface area contributed by atoms with E-state index in [4.69, 9.17) is 11.6 Å². The Morgan fingerprint density at radius 1 is 1.35 bits per heavy atom. The van der Waals surface area contributed by atoms with E-state index >= 15 is 0 Å². The van der Waals surface area contributed by atoms with Crippen LogP contribution in [0.15, 0.2) is 23.4 Å². The van der Waals surface area contributed by atoms with Crippen LogP contribution in [0.25, 0.3) is 0 Å². The van der Waals surface area contributed by atoms with Crippen molar-refractivity contribution in [1.82, 2.24) is 14.8 Å². The van der Waals surface area contributed by atoms with Crippen LogP contribution in [-0.2, 0) is 17.8 Å². The fraction of sp³-hybridized carbons (Fsp3) is 0.400. The number of nitrogens with zero attached hydrogens (tertiary/aromatic N) is 3. The third kappa shape index (κ3) is 4.03. The number of hydrogen-bond donors (Lipinski definition) is 1. The van der Waals surface area contributed by atoms with Gasteiger partial charge in [0.1, 0.15) is 11.6 Å². The summed E-state index contributed by atoms with van der Waals surface area (Å²) in [5.74, 6) is 0.543. The molecule has 23 heavy (non-hydrogen) atoms.